The highest BCUT2D eigenvalue weighted by atomic mass is 16.5. The summed E-state index contributed by atoms with van der Waals surface area (Å²) in [6.07, 6.45) is -0.368. The normalized spacial score (nSPS) is 18.3. The van der Waals surface area contributed by atoms with E-state index in [9.17, 15) is 14.7 Å². The topological polar surface area (TPSA) is 91.3 Å². The molecule has 8 heteroatoms. The molecular weight excluding hydrogens is 494 g/mol. The lowest BCUT2D eigenvalue weighted by molar-refractivity contribution is -0.0178. The molecule has 0 saturated carbocycles. The number of benzene rings is 3. The molecule has 3 aromatic carbocycles. The number of anilines is 1. The largest absolute Gasteiger partial charge is 0.497 e. The molecule has 2 N–H and O–H groups in total. The van der Waals surface area contributed by atoms with Crippen LogP contribution in [0.15, 0.2) is 72.8 Å². The number of carbonyl (C=O) groups excluding carboxylic acids is 2. The smallest absolute Gasteiger partial charge is 0.321 e. The maximum absolute atomic E-state index is 13.9. The molecule has 1 aliphatic heterocycles. The van der Waals surface area contributed by atoms with Crippen molar-refractivity contribution in [2.45, 2.75) is 32.6 Å². The molecule has 0 radical (unpaired) electrons. The van der Waals surface area contributed by atoms with Crippen LogP contribution in [-0.2, 0) is 11.3 Å². The molecule has 4 rings (SSSR count). The molecule has 8 nitrogen and oxygen atoms in total. The lowest BCUT2D eigenvalue weighted by atomic mass is 9.94. The number of amides is 3. The summed E-state index contributed by atoms with van der Waals surface area (Å²) in [7, 11) is 3.32. The molecule has 3 atom stereocenters. The molecule has 39 heavy (non-hydrogen) atoms. The van der Waals surface area contributed by atoms with E-state index >= 15 is 0 Å². The van der Waals surface area contributed by atoms with Gasteiger partial charge in [-0.3, -0.25) is 4.79 Å². The summed E-state index contributed by atoms with van der Waals surface area (Å²) >= 11 is 0. The van der Waals surface area contributed by atoms with Crippen LogP contribution in [0.4, 0.5) is 10.5 Å². The van der Waals surface area contributed by atoms with Gasteiger partial charge < -0.3 is 29.7 Å². The molecule has 206 valence electrons. The minimum atomic E-state index is -0.388. The summed E-state index contributed by atoms with van der Waals surface area (Å²) in [6, 6.07) is 22.0. The van der Waals surface area contributed by atoms with Gasteiger partial charge in [0.15, 0.2) is 0 Å². The van der Waals surface area contributed by atoms with Crippen LogP contribution in [0, 0.1) is 5.92 Å². The number of rotatable bonds is 6. The number of urea groups is 1. The summed E-state index contributed by atoms with van der Waals surface area (Å²) in [4.78, 5) is 30.2. The van der Waals surface area contributed by atoms with Crippen molar-refractivity contribution in [3.05, 3.63) is 83.9 Å². The molecule has 1 aliphatic rings. The Morgan fingerprint density at radius 2 is 1.72 bits per heavy atom. The zero-order chi connectivity index (χ0) is 27.9. The summed E-state index contributed by atoms with van der Waals surface area (Å²) in [5.41, 5.74) is 3.97. The van der Waals surface area contributed by atoms with Gasteiger partial charge in [-0.2, -0.15) is 0 Å². The van der Waals surface area contributed by atoms with E-state index in [2.05, 4.69) is 5.32 Å². The van der Waals surface area contributed by atoms with E-state index in [-0.39, 0.29) is 36.6 Å². The van der Waals surface area contributed by atoms with E-state index in [1.54, 1.807) is 48.2 Å². The fourth-order valence-electron chi connectivity index (χ4n) is 4.80. The number of ether oxygens (including phenoxy) is 2. The number of nitrogens with one attached hydrogen (secondary N) is 1. The van der Waals surface area contributed by atoms with Gasteiger partial charge in [-0.25, -0.2) is 4.79 Å². The molecular formula is C31H37N3O5. The van der Waals surface area contributed by atoms with Gasteiger partial charge in [-0.15, -0.1) is 0 Å². The van der Waals surface area contributed by atoms with Crippen LogP contribution in [0.1, 0.15) is 29.8 Å². The predicted octanol–water partition coefficient (Wildman–Crippen LogP) is 4.88. The van der Waals surface area contributed by atoms with Crippen LogP contribution in [-0.4, -0.2) is 72.8 Å². The Hall–Kier alpha value is -3.88. The van der Waals surface area contributed by atoms with Gasteiger partial charge in [0.05, 0.1) is 32.5 Å². The van der Waals surface area contributed by atoms with Crippen molar-refractivity contribution in [2.75, 3.05) is 39.2 Å². The van der Waals surface area contributed by atoms with Gasteiger partial charge in [0.1, 0.15) is 5.75 Å². The molecule has 0 saturated heterocycles. The van der Waals surface area contributed by atoms with Crippen LogP contribution < -0.4 is 10.1 Å². The Kier molecular flexibility index (Phi) is 9.22. The Morgan fingerprint density at radius 3 is 2.38 bits per heavy atom. The third-order valence-electron chi connectivity index (χ3n) is 7.24. The number of likely N-dealkylation sites (N-methyl/N-ethyl adjacent to an activating group) is 1. The van der Waals surface area contributed by atoms with Crippen LogP contribution in [0.2, 0.25) is 0 Å². The number of nitrogens with zero attached hydrogens (tertiary/aromatic N) is 2. The van der Waals surface area contributed by atoms with Crippen LogP contribution >= 0.6 is 0 Å². The van der Waals surface area contributed by atoms with E-state index in [1.807, 2.05) is 62.4 Å². The molecule has 1 heterocycles. The van der Waals surface area contributed by atoms with Gasteiger partial charge in [0.2, 0.25) is 0 Å². The maximum Gasteiger partial charge on any atom is 0.321 e. The quantitative estimate of drug-likeness (QED) is 0.473. The van der Waals surface area contributed by atoms with E-state index in [0.717, 1.165) is 16.7 Å². The van der Waals surface area contributed by atoms with Crippen LogP contribution in [0.5, 0.6) is 5.75 Å². The number of hydrogen-bond donors (Lipinski definition) is 2. The average molecular weight is 532 g/mol. The fourth-order valence-corrected chi connectivity index (χ4v) is 4.80. The zero-order valence-corrected chi connectivity index (χ0v) is 23.0. The second-order valence-electron chi connectivity index (χ2n) is 10.1. The summed E-state index contributed by atoms with van der Waals surface area (Å²) in [5.74, 6) is 0.441. The fraction of sp³-hybridized carbons (Fsp3) is 0.355. The number of hydrogen-bond acceptors (Lipinski definition) is 5. The Bertz CT molecular complexity index is 1280. The summed E-state index contributed by atoms with van der Waals surface area (Å²) < 4.78 is 11.7. The summed E-state index contributed by atoms with van der Waals surface area (Å²) in [5, 5.41) is 12.9. The first kappa shape index (κ1) is 28.1. The van der Waals surface area contributed by atoms with E-state index in [1.165, 1.54) is 0 Å². The van der Waals surface area contributed by atoms with Crippen molar-refractivity contribution < 1.29 is 24.2 Å². The molecule has 0 spiro atoms. The molecule has 0 aromatic heterocycles. The maximum atomic E-state index is 13.9. The average Bonchev–Trinajstić information content (AvgIpc) is 2.98. The second-order valence-corrected chi connectivity index (χ2v) is 10.1. The highest BCUT2D eigenvalue weighted by molar-refractivity contribution is 6.01. The molecule has 0 unspecified atom stereocenters. The van der Waals surface area contributed by atoms with Crippen LogP contribution in [0.3, 0.4) is 0 Å². The van der Waals surface area contributed by atoms with Gasteiger partial charge in [-0.05, 0) is 53.9 Å². The third-order valence-corrected chi connectivity index (χ3v) is 7.24. The minimum Gasteiger partial charge on any atom is -0.497 e. The zero-order valence-electron chi connectivity index (χ0n) is 23.0. The molecule has 3 amide bonds. The van der Waals surface area contributed by atoms with Gasteiger partial charge in [-0.1, -0.05) is 49.4 Å². The number of carbonyl (C=O) groups is 2. The number of aliphatic hydroxyl groups excluding tert-OH is 1. The SMILES string of the molecule is COc1ccc(NC(=O)N(C)C[C@@H]2OCc3ccccc3-c3ccccc3C(=O)N([C@@H](C)CO)C[C@@H]2C)cc1. The molecule has 0 fully saturated rings. The van der Waals surface area contributed by atoms with E-state index < -0.39 is 0 Å². The summed E-state index contributed by atoms with van der Waals surface area (Å²) in [6.45, 7) is 4.70. The van der Waals surface area contributed by atoms with Crippen molar-refractivity contribution in [3.63, 3.8) is 0 Å². The van der Waals surface area contributed by atoms with Crippen molar-refractivity contribution in [2.24, 2.45) is 5.92 Å². The first-order chi connectivity index (χ1) is 18.8. The number of fused-ring (bicyclic) bond motifs is 3. The lowest BCUT2D eigenvalue weighted by Crippen LogP contribution is -2.48. The number of aliphatic hydroxyl groups is 1. The van der Waals surface area contributed by atoms with Crippen molar-refractivity contribution >= 4 is 17.6 Å². The molecule has 3 aromatic rings. The Morgan fingerprint density at radius 1 is 1.08 bits per heavy atom. The highest BCUT2D eigenvalue weighted by Crippen LogP contribution is 2.31. The number of methoxy groups -OCH3 is 1. The van der Waals surface area contributed by atoms with E-state index in [4.69, 9.17) is 9.47 Å². The van der Waals surface area contributed by atoms with Crippen molar-refractivity contribution in [1.82, 2.24) is 9.80 Å². The van der Waals surface area contributed by atoms with Crippen LogP contribution in [0.25, 0.3) is 11.1 Å². The second kappa shape index (κ2) is 12.8. The Balaban J connectivity index is 1.62. The van der Waals surface area contributed by atoms with Gasteiger partial charge in [0, 0.05) is 37.3 Å². The first-order valence-corrected chi connectivity index (χ1v) is 13.2. The third kappa shape index (κ3) is 6.58. The van der Waals surface area contributed by atoms with Gasteiger partial charge >= 0.3 is 6.03 Å². The standard InChI is InChI=1S/C31H37N3O5/c1-21-17-34(22(2)19-35)30(36)28-12-8-7-11-27(28)26-10-6-5-9-23(26)20-39-29(21)18-33(3)31(37)32-24-13-15-25(38-4)16-14-24/h5-16,21-22,29,35H,17-20H2,1-4H3,(H,32,37)/t21-,22-,29-/m0/s1. The van der Waals surface area contributed by atoms with Gasteiger partial charge in [0.25, 0.3) is 5.91 Å². The first-order valence-electron chi connectivity index (χ1n) is 13.2. The van der Waals surface area contributed by atoms with Crippen molar-refractivity contribution in [1.29, 1.82) is 0 Å². The molecule has 0 aliphatic carbocycles. The van der Waals surface area contributed by atoms with E-state index in [0.29, 0.717) is 36.7 Å². The highest BCUT2D eigenvalue weighted by Gasteiger charge is 2.31. The molecule has 0 bridgehead atoms. The Labute approximate surface area is 230 Å². The monoisotopic (exact) mass is 531 g/mol. The lowest BCUT2D eigenvalue weighted by Gasteiger charge is -2.35. The minimum absolute atomic E-state index is 0.128. The predicted molar refractivity (Wildman–Crippen MR) is 152 cm³/mol. The van der Waals surface area contributed by atoms with Crippen molar-refractivity contribution in [3.8, 4) is 16.9 Å².